The predicted octanol–water partition coefficient (Wildman–Crippen LogP) is 3.11. The van der Waals surface area contributed by atoms with Crippen LogP contribution in [-0.2, 0) is 0 Å². The highest BCUT2D eigenvalue weighted by Crippen LogP contribution is 2.24. The highest BCUT2D eigenvalue weighted by atomic mass is 35.5. The summed E-state index contributed by atoms with van der Waals surface area (Å²) in [6.07, 6.45) is 5.57. The molecule has 2 rings (SSSR count). The molecular weight excluding hydrogens is 184 g/mol. The van der Waals surface area contributed by atoms with Crippen molar-refractivity contribution < 1.29 is 0 Å². The van der Waals surface area contributed by atoms with Gasteiger partial charge in [-0.3, -0.25) is 0 Å². The smallest absolute Gasteiger partial charge is 0.137 e. The fraction of sp³-hybridized carbons (Fsp3) is 0.300. The van der Waals surface area contributed by atoms with Gasteiger partial charge in [0, 0.05) is 18.6 Å². The molecule has 3 heteroatoms. The van der Waals surface area contributed by atoms with Crippen LogP contribution in [0.4, 0.5) is 0 Å². The average Bonchev–Trinajstić information content (AvgIpc) is 2.48. The molecule has 0 radical (unpaired) electrons. The first kappa shape index (κ1) is 8.57. The molecule has 2 aromatic rings. The van der Waals surface area contributed by atoms with Gasteiger partial charge in [0.2, 0.25) is 0 Å². The number of nitrogens with zero attached hydrogens (tertiary/aromatic N) is 2. The first-order valence-electron chi connectivity index (χ1n) is 4.30. The molecule has 2 heterocycles. The molecule has 13 heavy (non-hydrogen) atoms. The van der Waals surface area contributed by atoms with E-state index in [1.54, 1.807) is 6.20 Å². The van der Waals surface area contributed by atoms with Crippen molar-refractivity contribution in [3.05, 3.63) is 35.2 Å². The molecule has 2 nitrogen and oxygen atoms in total. The number of halogens is 1. The first-order valence-corrected chi connectivity index (χ1v) is 4.68. The van der Waals surface area contributed by atoms with Crippen LogP contribution in [0.25, 0.3) is 5.65 Å². The number of rotatable bonds is 1. The van der Waals surface area contributed by atoms with Crippen LogP contribution < -0.4 is 0 Å². The Morgan fingerprint density at radius 1 is 1.46 bits per heavy atom. The third-order valence-corrected chi connectivity index (χ3v) is 2.45. The van der Waals surface area contributed by atoms with Gasteiger partial charge in [-0.25, -0.2) is 4.98 Å². The summed E-state index contributed by atoms with van der Waals surface area (Å²) in [5, 5.41) is 0.806. The highest BCUT2D eigenvalue weighted by Gasteiger charge is 2.06. The number of aromatic nitrogens is 2. The van der Waals surface area contributed by atoms with Crippen molar-refractivity contribution in [2.45, 2.75) is 19.8 Å². The maximum Gasteiger partial charge on any atom is 0.137 e. The van der Waals surface area contributed by atoms with Crippen LogP contribution in [0.5, 0.6) is 0 Å². The summed E-state index contributed by atoms with van der Waals surface area (Å²) in [4.78, 5) is 4.21. The minimum Gasteiger partial charge on any atom is -0.306 e. The Morgan fingerprint density at radius 2 is 2.23 bits per heavy atom. The monoisotopic (exact) mass is 194 g/mol. The molecule has 0 fully saturated rings. The molecule has 0 amide bonds. The zero-order chi connectivity index (χ0) is 9.42. The van der Waals surface area contributed by atoms with Crippen LogP contribution in [0.15, 0.2) is 24.7 Å². The van der Waals surface area contributed by atoms with Gasteiger partial charge in [0.05, 0.1) is 5.02 Å². The van der Waals surface area contributed by atoms with Crippen molar-refractivity contribution >= 4 is 17.2 Å². The molecule has 0 bridgehead atoms. The van der Waals surface area contributed by atoms with Crippen LogP contribution in [0.2, 0.25) is 5.02 Å². The van der Waals surface area contributed by atoms with Crippen molar-refractivity contribution in [2.24, 2.45) is 0 Å². The fourth-order valence-electron chi connectivity index (χ4n) is 1.39. The van der Waals surface area contributed by atoms with E-state index in [1.165, 1.54) is 0 Å². The third kappa shape index (κ3) is 1.42. The molecule has 0 aliphatic heterocycles. The molecule has 0 aliphatic rings. The fourth-order valence-corrected chi connectivity index (χ4v) is 1.77. The Bertz CT molecular complexity index is 431. The Hall–Kier alpha value is -1.02. The van der Waals surface area contributed by atoms with Gasteiger partial charge in [0.15, 0.2) is 0 Å². The lowest BCUT2D eigenvalue weighted by atomic mass is 10.1. The van der Waals surface area contributed by atoms with Gasteiger partial charge in [-0.2, -0.15) is 0 Å². The van der Waals surface area contributed by atoms with Gasteiger partial charge in [0.1, 0.15) is 5.65 Å². The van der Waals surface area contributed by atoms with Crippen LogP contribution in [0, 0.1) is 0 Å². The van der Waals surface area contributed by atoms with E-state index in [4.69, 9.17) is 11.6 Å². The van der Waals surface area contributed by atoms with E-state index in [1.807, 2.05) is 22.9 Å². The van der Waals surface area contributed by atoms with Crippen molar-refractivity contribution in [1.29, 1.82) is 0 Å². The highest BCUT2D eigenvalue weighted by molar-refractivity contribution is 6.31. The Morgan fingerprint density at radius 3 is 2.92 bits per heavy atom. The number of pyridine rings is 1. The SMILES string of the molecule is CC(C)c1cc2nccn2cc1Cl. The Kier molecular flexibility index (Phi) is 2.00. The molecule has 0 aliphatic carbocycles. The average molecular weight is 195 g/mol. The lowest BCUT2D eigenvalue weighted by Crippen LogP contribution is -1.92. The van der Waals surface area contributed by atoms with Gasteiger partial charge in [-0.1, -0.05) is 25.4 Å². The molecule has 0 saturated heterocycles. The number of imidazole rings is 1. The summed E-state index contributed by atoms with van der Waals surface area (Å²) in [6.45, 7) is 4.25. The Balaban J connectivity index is 2.69. The zero-order valence-corrected chi connectivity index (χ0v) is 8.42. The van der Waals surface area contributed by atoms with Crippen LogP contribution >= 0.6 is 11.6 Å². The molecule has 0 saturated carbocycles. The lowest BCUT2D eigenvalue weighted by molar-refractivity contribution is 0.863. The first-order chi connectivity index (χ1) is 6.18. The van der Waals surface area contributed by atoms with Crippen molar-refractivity contribution in [3.63, 3.8) is 0 Å². The predicted molar refractivity (Wildman–Crippen MR) is 54.3 cm³/mol. The molecule has 0 atom stereocenters. The van der Waals surface area contributed by atoms with Crippen molar-refractivity contribution in [1.82, 2.24) is 9.38 Å². The van der Waals surface area contributed by atoms with Crippen LogP contribution in [0.3, 0.4) is 0 Å². The number of hydrogen-bond acceptors (Lipinski definition) is 1. The van der Waals surface area contributed by atoms with Crippen LogP contribution in [-0.4, -0.2) is 9.38 Å². The van der Waals surface area contributed by atoms with Gasteiger partial charge in [-0.15, -0.1) is 0 Å². The molecule has 0 N–H and O–H groups in total. The number of fused-ring (bicyclic) bond motifs is 1. The molecular formula is C10H11ClN2. The lowest BCUT2D eigenvalue weighted by Gasteiger charge is -2.07. The number of hydrogen-bond donors (Lipinski definition) is 0. The summed E-state index contributed by atoms with van der Waals surface area (Å²) in [7, 11) is 0. The van der Waals surface area contributed by atoms with E-state index >= 15 is 0 Å². The summed E-state index contributed by atoms with van der Waals surface area (Å²) in [6, 6.07) is 2.03. The topological polar surface area (TPSA) is 17.3 Å². The summed E-state index contributed by atoms with van der Waals surface area (Å²) < 4.78 is 1.92. The largest absolute Gasteiger partial charge is 0.306 e. The van der Waals surface area contributed by atoms with E-state index < -0.39 is 0 Å². The Labute approximate surface area is 82.2 Å². The molecule has 68 valence electrons. The second kappa shape index (κ2) is 3.04. The van der Waals surface area contributed by atoms with E-state index in [9.17, 15) is 0 Å². The second-order valence-corrected chi connectivity index (χ2v) is 3.83. The van der Waals surface area contributed by atoms with Gasteiger partial charge in [-0.05, 0) is 17.5 Å². The van der Waals surface area contributed by atoms with E-state index in [0.717, 1.165) is 16.2 Å². The summed E-state index contributed by atoms with van der Waals surface area (Å²) in [5.41, 5.74) is 2.11. The summed E-state index contributed by atoms with van der Waals surface area (Å²) in [5.74, 6) is 0.439. The maximum atomic E-state index is 6.11. The van der Waals surface area contributed by atoms with E-state index in [-0.39, 0.29) is 0 Å². The van der Waals surface area contributed by atoms with E-state index in [2.05, 4.69) is 18.8 Å². The van der Waals surface area contributed by atoms with Crippen molar-refractivity contribution in [3.8, 4) is 0 Å². The summed E-state index contributed by atoms with van der Waals surface area (Å²) >= 11 is 6.11. The second-order valence-electron chi connectivity index (χ2n) is 3.42. The zero-order valence-electron chi connectivity index (χ0n) is 7.66. The minimum absolute atomic E-state index is 0.439. The minimum atomic E-state index is 0.439. The third-order valence-electron chi connectivity index (χ3n) is 2.13. The quantitative estimate of drug-likeness (QED) is 0.682. The van der Waals surface area contributed by atoms with Crippen molar-refractivity contribution in [2.75, 3.05) is 0 Å². The molecule has 0 unspecified atom stereocenters. The standard InChI is InChI=1S/C10H11ClN2/c1-7(2)8-5-10-12-3-4-13(10)6-9(8)11/h3-7H,1-2H3. The maximum absolute atomic E-state index is 6.11. The molecule has 0 aromatic carbocycles. The molecule has 2 aromatic heterocycles. The van der Waals surface area contributed by atoms with Gasteiger partial charge in [0.25, 0.3) is 0 Å². The van der Waals surface area contributed by atoms with E-state index in [0.29, 0.717) is 5.92 Å². The van der Waals surface area contributed by atoms with Gasteiger partial charge < -0.3 is 4.40 Å². The molecule has 0 spiro atoms. The van der Waals surface area contributed by atoms with Crippen LogP contribution in [0.1, 0.15) is 25.3 Å². The van der Waals surface area contributed by atoms with Gasteiger partial charge >= 0.3 is 0 Å². The normalized spacial score (nSPS) is 11.4.